The van der Waals surface area contributed by atoms with Crippen LogP contribution in [0, 0.1) is 0 Å². The molecule has 1 rings (SSSR count). The summed E-state index contributed by atoms with van der Waals surface area (Å²) in [7, 11) is 5.52. The fraction of sp³-hybridized carbons (Fsp3) is 0.375. The van der Waals surface area contributed by atoms with Gasteiger partial charge in [-0.1, -0.05) is 24.3 Å². The average molecular weight is 307 g/mol. The molecule has 0 spiro atoms. The molecule has 0 aliphatic heterocycles. The molecule has 0 saturated heterocycles. The highest BCUT2D eigenvalue weighted by Crippen LogP contribution is 2.25. The lowest BCUT2D eigenvalue weighted by atomic mass is 9.89. The van der Waals surface area contributed by atoms with E-state index in [0.717, 1.165) is 6.08 Å². The van der Waals surface area contributed by atoms with Gasteiger partial charge >= 0.3 is 5.97 Å². The number of carboxylic acids is 2. The molecular formula is C16H21NO5. The zero-order chi connectivity index (χ0) is 16.9. The molecule has 6 heteroatoms. The highest BCUT2D eigenvalue weighted by atomic mass is 16.4. The lowest BCUT2D eigenvalue weighted by Crippen LogP contribution is -2.47. The molecule has 0 heterocycles. The summed E-state index contributed by atoms with van der Waals surface area (Å²) < 4.78 is 0.387. The molecule has 2 unspecified atom stereocenters. The number of carbonyl (C=O) groups is 2. The number of carbonyl (C=O) groups excluding carboxylic acids is 1. The standard InChI is InChI=1S/C16H21NO5/c1-17(2,3)10-13(18)15(16(21)22)12-7-5-4-6-11(12)8-9-14(19)20/h4-9,13,15,18H,10H2,1-3H3,(H-,19,20,21,22)/b9-8+. The quantitative estimate of drug-likeness (QED) is 0.532. The van der Waals surface area contributed by atoms with Crippen LogP contribution in [0.3, 0.4) is 0 Å². The van der Waals surface area contributed by atoms with Crippen molar-refractivity contribution >= 4 is 18.0 Å². The maximum Gasteiger partial charge on any atom is 0.328 e. The van der Waals surface area contributed by atoms with E-state index in [9.17, 15) is 19.8 Å². The van der Waals surface area contributed by atoms with Crippen molar-refractivity contribution in [3.8, 4) is 0 Å². The van der Waals surface area contributed by atoms with E-state index < -0.39 is 24.0 Å². The largest absolute Gasteiger partial charge is 0.549 e. The molecule has 0 saturated carbocycles. The molecule has 1 aromatic carbocycles. The van der Waals surface area contributed by atoms with Crippen molar-refractivity contribution in [1.82, 2.24) is 0 Å². The zero-order valence-corrected chi connectivity index (χ0v) is 12.9. The van der Waals surface area contributed by atoms with Crippen molar-refractivity contribution in [2.45, 2.75) is 12.0 Å². The number of carboxylic acid groups (broad SMARTS) is 2. The molecule has 2 atom stereocenters. The third kappa shape index (κ3) is 5.31. The van der Waals surface area contributed by atoms with E-state index in [1.165, 1.54) is 6.08 Å². The molecule has 22 heavy (non-hydrogen) atoms. The molecule has 120 valence electrons. The van der Waals surface area contributed by atoms with E-state index in [-0.39, 0.29) is 6.54 Å². The van der Waals surface area contributed by atoms with E-state index in [4.69, 9.17) is 5.11 Å². The zero-order valence-electron chi connectivity index (χ0n) is 12.9. The number of benzene rings is 1. The van der Waals surface area contributed by atoms with Crippen molar-refractivity contribution in [1.29, 1.82) is 0 Å². The van der Waals surface area contributed by atoms with Crippen LogP contribution in [0.2, 0.25) is 0 Å². The first-order valence-corrected chi connectivity index (χ1v) is 6.81. The Kier molecular flexibility index (Phi) is 5.84. The monoisotopic (exact) mass is 307 g/mol. The van der Waals surface area contributed by atoms with Crippen LogP contribution in [0.5, 0.6) is 0 Å². The molecule has 0 aliphatic carbocycles. The summed E-state index contributed by atoms with van der Waals surface area (Å²) in [6, 6.07) is 6.47. The van der Waals surface area contributed by atoms with Crippen LogP contribution in [0.25, 0.3) is 6.08 Å². The molecule has 2 N–H and O–H groups in total. The Morgan fingerprint density at radius 1 is 1.27 bits per heavy atom. The number of likely N-dealkylation sites (N-methyl/N-ethyl adjacent to an activating group) is 1. The van der Waals surface area contributed by atoms with E-state index in [0.29, 0.717) is 15.6 Å². The van der Waals surface area contributed by atoms with E-state index in [1.807, 2.05) is 21.1 Å². The minimum absolute atomic E-state index is 0.218. The molecule has 1 aromatic rings. The van der Waals surface area contributed by atoms with Crippen molar-refractivity contribution in [2.24, 2.45) is 0 Å². The summed E-state index contributed by atoms with van der Waals surface area (Å²) in [5.41, 5.74) is 0.764. The summed E-state index contributed by atoms with van der Waals surface area (Å²) >= 11 is 0. The number of aliphatic hydroxyl groups is 1. The van der Waals surface area contributed by atoms with Gasteiger partial charge in [-0.15, -0.1) is 0 Å². The van der Waals surface area contributed by atoms with Crippen LogP contribution in [0.1, 0.15) is 17.0 Å². The third-order valence-corrected chi connectivity index (χ3v) is 3.11. The van der Waals surface area contributed by atoms with Crippen LogP contribution in [-0.2, 0) is 9.59 Å². The van der Waals surface area contributed by atoms with Gasteiger partial charge in [-0.3, -0.25) is 0 Å². The third-order valence-electron chi connectivity index (χ3n) is 3.11. The smallest absolute Gasteiger partial charge is 0.328 e. The fourth-order valence-electron chi connectivity index (χ4n) is 2.26. The van der Waals surface area contributed by atoms with Gasteiger partial charge in [0, 0.05) is 6.08 Å². The van der Waals surface area contributed by atoms with Gasteiger partial charge in [-0.05, 0) is 17.2 Å². The van der Waals surface area contributed by atoms with Gasteiger partial charge in [0.1, 0.15) is 12.6 Å². The van der Waals surface area contributed by atoms with E-state index in [1.54, 1.807) is 24.3 Å². The molecule has 0 bridgehead atoms. The van der Waals surface area contributed by atoms with Gasteiger partial charge in [0.15, 0.2) is 0 Å². The van der Waals surface area contributed by atoms with Gasteiger partial charge < -0.3 is 24.6 Å². The maximum atomic E-state index is 11.5. The average Bonchev–Trinajstić information content (AvgIpc) is 2.35. The molecule has 0 fully saturated rings. The topological polar surface area (TPSA) is 97.7 Å². The normalized spacial score (nSPS) is 14.7. The van der Waals surface area contributed by atoms with E-state index >= 15 is 0 Å². The van der Waals surface area contributed by atoms with Crippen LogP contribution < -0.4 is 5.11 Å². The van der Waals surface area contributed by atoms with Gasteiger partial charge in [-0.25, -0.2) is 4.79 Å². The Bertz CT molecular complexity index is 574. The van der Waals surface area contributed by atoms with Crippen molar-refractivity contribution in [3.05, 3.63) is 41.5 Å². The summed E-state index contributed by atoms with van der Waals surface area (Å²) in [6.45, 7) is 0.218. The first kappa shape index (κ1) is 17.9. The Hall–Kier alpha value is -2.18. The molecule has 0 aromatic heterocycles. The Morgan fingerprint density at radius 3 is 2.36 bits per heavy atom. The van der Waals surface area contributed by atoms with Crippen LogP contribution >= 0.6 is 0 Å². The summed E-state index contributed by atoms with van der Waals surface area (Å²) in [4.78, 5) is 22.1. The number of quaternary nitrogens is 1. The second-order valence-electron chi connectivity index (χ2n) is 6.14. The van der Waals surface area contributed by atoms with Crippen molar-refractivity contribution in [2.75, 3.05) is 27.7 Å². The lowest BCUT2D eigenvalue weighted by Gasteiger charge is -2.32. The second kappa shape index (κ2) is 7.20. The van der Waals surface area contributed by atoms with Crippen LogP contribution in [-0.4, -0.2) is 60.4 Å². The van der Waals surface area contributed by atoms with Gasteiger partial charge in [0.2, 0.25) is 0 Å². The highest BCUT2D eigenvalue weighted by molar-refractivity contribution is 5.86. The SMILES string of the molecule is C[N+](C)(C)CC(O)C(C(=O)[O-])c1ccccc1/C=C/C(=O)O. The summed E-state index contributed by atoms with van der Waals surface area (Å²) in [6.07, 6.45) is 1.09. The highest BCUT2D eigenvalue weighted by Gasteiger charge is 2.28. The Labute approximate surface area is 129 Å². The molecule has 0 aliphatic rings. The van der Waals surface area contributed by atoms with Gasteiger partial charge in [0.25, 0.3) is 0 Å². The second-order valence-corrected chi connectivity index (χ2v) is 6.14. The number of hydrogen-bond acceptors (Lipinski definition) is 4. The maximum absolute atomic E-state index is 11.5. The van der Waals surface area contributed by atoms with Crippen LogP contribution in [0.15, 0.2) is 30.3 Å². The van der Waals surface area contributed by atoms with Gasteiger partial charge in [0.05, 0.1) is 33.0 Å². The number of aliphatic carboxylic acids is 2. The summed E-state index contributed by atoms with van der Waals surface area (Å²) in [5, 5.41) is 30.5. The molecule has 6 nitrogen and oxygen atoms in total. The molecule has 0 radical (unpaired) electrons. The lowest BCUT2D eigenvalue weighted by molar-refractivity contribution is -0.873. The van der Waals surface area contributed by atoms with Crippen molar-refractivity contribution < 1.29 is 29.4 Å². The van der Waals surface area contributed by atoms with Gasteiger partial charge in [-0.2, -0.15) is 0 Å². The molecule has 0 amide bonds. The Morgan fingerprint density at radius 2 is 1.86 bits per heavy atom. The van der Waals surface area contributed by atoms with Crippen LogP contribution in [0.4, 0.5) is 0 Å². The summed E-state index contributed by atoms with van der Waals surface area (Å²) in [5.74, 6) is -3.75. The fourth-order valence-corrected chi connectivity index (χ4v) is 2.26. The number of nitrogens with zero attached hydrogens (tertiary/aromatic N) is 1. The minimum Gasteiger partial charge on any atom is -0.549 e. The predicted octanol–water partition coefficient (Wildman–Crippen LogP) is -0.315. The number of aliphatic hydroxyl groups excluding tert-OH is 1. The Balaban J connectivity index is 3.22. The molecular weight excluding hydrogens is 286 g/mol. The number of rotatable bonds is 7. The van der Waals surface area contributed by atoms with E-state index in [2.05, 4.69) is 0 Å². The predicted molar refractivity (Wildman–Crippen MR) is 79.8 cm³/mol. The first-order chi connectivity index (χ1) is 10.1. The number of hydrogen-bond donors (Lipinski definition) is 2. The first-order valence-electron chi connectivity index (χ1n) is 6.81. The minimum atomic E-state index is -1.39. The van der Waals surface area contributed by atoms with Crippen molar-refractivity contribution in [3.63, 3.8) is 0 Å².